The first kappa shape index (κ1) is 17.1. The summed E-state index contributed by atoms with van der Waals surface area (Å²) in [6, 6.07) is 1.52. The van der Waals surface area contributed by atoms with Crippen molar-refractivity contribution in [3.05, 3.63) is 34.4 Å². The van der Waals surface area contributed by atoms with Crippen molar-refractivity contribution >= 4 is 27.5 Å². The number of carbonyl (C=O) groups is 1. The topological polar surface area (TPSA) is 57.7 Å². The molecule has 122 valence electrons. The Morgan fingerprint density at radius 1 is 1.14 bits per heavy atom. The second-order valence-electron chi connectivity index (χ2n) is 5.05. The van der Waals surface area contributed by atoms with E-state index in [2.05, 4.69) is 0 Å². The van der Waals surface area contributed by atoms with Gasteiger partial charge in [-0.1, -0.05) is 11.6 Å². The van der Waals surface area contributed by atoms with Crippen LogP contribution in [0.3, 0.4) is 0 Å². The Bertz CT molecular complexity index is 697. The summed E-state index contributed by atoms with van der Waals surface area (Å²) in [7, 11) is -3.32. The molecule has 1 aliphatic heterocycles. The molecule has 0 aromatic heterocycles. The highest BCUT2D eigenvalue weighted by molar-refractivity contribution is 7.88. The van der Waals surface area contributed by atoms with Gasteiger partial charge in [-0.3, -0.25) is 4.79 Å². The van der Waals surface area contributed by atoms with Gasteiger partial charge in [0.2, 0.25) is 10.0 Å². The minimum atomic E-state index is -3.32. The molecule has 0 bridgehead atoms. The number of sulfonamides is 1. The molecule has 0 unspecified atom stereocenters. The summed E-state index contributed by atoms with van der Waals surface area (Å²) in [6.45, 7) is 0.960. The van der Waals surface area contributed by atoms with E-state index in [1.807, 2.05) is 0 Å². The van der Waals surface area contributed by atoms with Gasteiger partial charge in [0.25, 0.3) is 5.91 Å². The molecule has 22 heavy (non-hydrogen) atoms. The minimum Gasteiger partial charge on any atom is -0.337 e. The smallest absolute Gasteiger partial charge is 0.255 e. The van der Waals surface area contributed by atoms with Gasteiger partial charge >= 0.3 is 0 Å². The Kier molecular flexibility index (Phi) is 5.03. The summed E-state index contributed by atoms with van der Waals surface area (Å²) in [5.74, 6) is -2.82. The fourth-order valence-electron chi connectivity index (χ4n) is 2.29. The molecule has 1 fully saturated rings. The van der Waals surface area contributed by atoms with Crippen LogP contribution >= 0.6 is 11.6 Å². The van der Waals surface area contributed by atoms with Crippen LogP contribution in [0.2, 0.25) is 5.02 Å². The molecule has 1 heterocycles. The SMILES string of the molecule is CS(=O)(=O)N1CCCN(C(=O)c2cc(F)c(F)cc2Cl)CC1. The van der Waals surface area contributed by atoms with Crippen molar-refractivity contribution in [2.45, 2.75) is 6.42 Å². The molecule has 1 saturated heterocycles. The molecule has 0 radical (unpaired) electrons. The van der Waals surface area contributed by atoms with Gasteiger partial charge < -0.3 is 4.90 Å². The molecule has 0 saturated carbocycles. The van der Waals surface area contributed by atoms with Crippen LogP contribution in [-0.4, -0.2) is 56.0 Å². The molecule has 0 spiro atoms. The van der Waals surface area contributed by atoms with Crippen LogP contribution in [0.1, 0.15) is 16.8 Å². The Hall–Kier alpha value is -1.25. The average Bonchev–Trinajstić information content (AvgIpc) is 2.67. The van der Waals surface area contributed by atoms with Gasteiger partial charge in [0.1, 0.15) is 0 Å². The quantitative estimate of drug-likeness (QED) is 0.762. The molecule has 5 nitrogen and oxygen atoms in total. The van der Waals surface area contributed by atoms with E-state index >= 15 is 0 Å². The van der Waals surface area contributed by atoms with E-state index in [9.17, 15) is 22.0 Å². The van der Waals surface area contributed by atoms with Gasteiger partial charge in [-0.05, 0) is 18.6 Å². The predicted octanol–water partition coefficient (Wildman–Crippen LogP) is 1.73. The van der Waals surface area contributed by atoms with Crippen LogP contribution in [0.15, 0.2) is 12.1 Å². The van der Waals surface area contributed by atoms with E-state index in [1.165, 1.54) is 9.21 Å². The highest BCUT2D eigenvalue weighted by atomic mass is 35.5. The van der Waals surface area contributed by atoms with E-state index in [1.54, 1.807) is 0 Å². The molecule has 1 aliphatic rings. The van der Waals surface area contributed by atoms with Crippen molar-refractivity contribution in [2.24, 2.45) is 0 Å². The summed E-state index contributed by atoms with van der Waals surface area (Å²) in [6.07, 6.45) is 1.57. The maximum Gasteiger partial charge on any atom is 0.255 e. The van der Waals surface area contributed by atoms with Crippen LogP contribution < -0.4 is 0 Å². The molecule has 1 amide bonds. The van der Waals surface area contributed by atoms with E-state index in [-0.39, 0.29) is 23.7 Å². The number of rotatable bonds is 2. The van der Waals surface area contributed by atoms with Crippen molar-refractivity contribution in [3.8, 4) is 0 Å². The standard InChI is InChI=1S/C13H15ClF2N2O3S/c1-22(20,21)18-4-2-3-17(5-6-18)13(19)9-7-11(15)12(16)8-10(9)14/h7-8H,2-6H2,1H3. The summed E-state index contributed by atoms with van der Waals surface area (Å²) in [5.41, 5.74) is -0.131. The lowest BCUT2D eigenvalue weighted by molar-refractivity contribution is 0.0764. The van der Waals surface area contributed by atoms with Gasteiger partial charge in [-0.25, -0.2) is 21.5 Å². The number of benzene rings is 1. The van der Waals surface area contributed by atoms with Crippen LogP contribution in [0.25, 0.3) is 0 Å². The molecule has 2 rings (SSSR count). The van der Waals surface area contributed by atoms with Crippen LogP contribution in [0, 0.1) is 11.6 Å². The minimum absolute atomic E-state index is 0.131. The highest BCUT2D eigenvalue weighted by Gasteiger charge is 2.26. The average molecular weight is 353 g/mol. The number of hydrogen-bond acceptors (Lipinski definition) is 3. The Morgan fingerprint density at radius 3 is 2.41 bits per heavy atom. The molecule has 0 aliphatic carbocycles. The third-order valence-corrected chi connectivity index (χ3v) is 5.07. The number of nitrogens with zero attached hydrogens (tertiary/aromatic N) is 2. The number of carbonyl (C=O) groups excluding carboxylic acids is 1. The van der Waals surface area contributed by atoms with Gasteiger partial charge in [0, 0.05) is 26.2 Å². The largest absolute Gasteiger partial charge is 0.337 e. The Balaban J connectivity index is 2.19. The molecule has 1 aromatic rings. The predicted molar refractivity (Wildman–Crippen MR) is 78.3 cm³/mol. The first-order valence-corrected chi connectivity index (χ1v) is 8.81. The number of halogens is 3. The summed E-state index contributed by atoms with van der Waals surface area (Å²) in [5, 5.41) is -0.173. The van der Waals surface area contributed by atoms with E-state index in [0.29, 0.717) is 19.5 Å². The number of hydrogen-bond donors (Lipinski definition) is 0. The number of amides is 1. The third kappa shape index (κ3) is 3.74. The summed E-state index contributed by atoms with van der Waals surface area (Å²) < 4.78 is 50.7. The second-order valence-corrected chi connectivity index (χ2v) is 7.44. The van der Waals surface area contributed by atoms with Crippen LogP contribution in [0.4, 0.5) is 8.78 Å². The lowest BCUT2D eigenvalue weighted by Gasteiger charge is -2.21. The van der Waals surface area contributed by atoms with E-state index in [0.717, 1.165) is 18.4 Å². The lowest BCUT2D eigenvalue weighted by atomic mass is 10.1. The summed E-state index contributed by atoms with van der Waals surface area (Å²) in [4.78, 5) is 13.8. The van der Waals surface area contributed by atoms with Gasteiger partial charge in [-0.15, -0.1) is 0 Å². The van der Waals surface area contributed by atoms with Crippen LogP contribution in [0.5, 0.6) is 0 Å². The Morgan fingerprint density at radius 2 is 1.77 bits per heavy atom. The van der Waals surface area contributed by atoms with Crippen molar-refractivity contribution in [1.82, 2.24) is 9.21 Å². The lowest BCUT2D eigenvalue weighted by Crippen LogP contribution is -2.37. The van der Waals surface area contributed by atoms with E-state index in [4.69, 9.17) is 11.6 Å². The molecular weight excluding hydrogens is 338 g/mol. The first-order valence-electron chi connectivity index (χ1n) is 6.59. The Labute approximate surface area is 132 Å². The first-order chi connectivity index (χ1) is 10.2. The van der Waals surface area contributed by atoms with Crippen molar-refractivity contribution < 1.29 is 22.0 Å². The van der Waals surface area contributed by atoms with Gasteiger partial charge in [0.15, 0.2) is 11.6 Å². The van der Waals surface area contributed by atoms with Crippen molar-refractivity contribution in [2.75, 3.05) is 32.4 Å². The summed E-state index contributed by atoms with van der Waals surface area (Å²) >= 11 is 5.80. The maximum atomic E-state index is 13.3. The highest BCUT2D eigenvalue weighted by Crippen LogP contribution is 2.22. The maximum absolute atomic E-state index is 13.3. The molecule has 0 atom stereocenters. The fourth-order valence-corrected chi connectivity index (χ4v) is 3.39. The van der Waals surface area contributed by atoms with Crippen molar-refractivity contribution in [3.63, 3.8) is 0 Å². The van der Waals surface area contributed by atoms with Gasteiger partial charge in [-0.2, -0.15) is 0 Å². The second kappa shape index (κ2) is 6.47. The van der Waals surface area contributed by atoms with Gasteiger partial charge in [0.05, 0.1) is 16.8 Å². The third-order valence-electron chi connectivity index (χ3n) is 3.45. The molecule has 1 aromatic carbocycles. The van der Waals surface area contributed by atoms with E-state index < -0.39 is 27.6 Å². The zero-order chi connectivity index (χ0) is 16.5. The van der Waals surface area contributed by atoms with Crippen LogP contribution in [-0.2, 0) is 10.0 Å². The molecular formula is C13H15ClF2N2O3S. The molecule has 0 N–H and O–H groups in total. The van der Waals surface area contributed by atoms with Crippen molar-refractivity contribution in [1.29, 1.82) is 0 Å². The zero-order valence-corrected chi connectivity index (χ0v) is 13.4. The monoisotopic (exact) mass is 352 g/mol. The normalized spacial score (nSPS) is 17.4. The zero-order valence-electron chi connectivity index (χ0n) is 11.9. The molecule has 9 heteroatoms. The fraction of sp³-hybridized carbons (Fsp3) is 0.462.